The van der Waals surface area contributed by atoms with Crippen molar-refractivity contribution in [2.75, 3.05) is 0 Å². The molecule has 0 bridgehead atoms. The average molecular weight is 507 g/mol. The molecule has 0 unspecified atom stereocenters. The summed E-state index contributed by atoms with van der Waals surface area (Å²) in [5.41, 5.74) is 2.43. The molecule has 35 heavy (non-hydrogen) atoms. The van der Waals surface area contributed by atoms with Gasteiger partial charge in [0.25, 0.3) is 5.91 Å². The molecule has 6 nitrogen and oxygen atoms in total. The van der Waals surface area contributed by atoms with Crippen LogP contribution in [0.1, 0.15) is 74.1 Å². The molecule has 1 aliphatic carbocycles. The number of carbonyl (C=O) groups is 1. The summed E-state index contributed by atoms with van der Waals surface area (Å²) in [5, 5.41) is 0.0981. The van der Waals surface area contributed by atoms with E-state index in [0.717, 1.165) is 11.3 Å². The molecule has 0 spiro atoms. The molecule has 3 aromatic rings. The standard InChI is InChI=1S/C25H26ClF3N4O2/c1-24(2,3)20-10-15(13-4-6-14(7-5-13)25(27,28)29)16(12-31-20)18-11-19(34)21-17(32-18)8-9-30-22(21)23(35)33-26/h8-14H,4-7H2,1-3H3,(H,32,34)(H,33,35). The summed E-state index contributed by atoms with van der Waals surface area (Å²) in [6.45, 7) is 6.06. The zero-order valence-electron chi connectivity index (χ0n) is 19.6. The fourth-order valence-electron chi connectivity index (χ4n) is 4.74. The van der Waals surface area contributed by atoms with E-state index in [2.05, 4.69) is 15.0 Å². The Morgan fingerprint density at radius 3 is 2.40 bits per heavy atom. The van der Waals surface area contributed by atoms with E-state index in [0.29, 0.717) is 29.6 Å². The van der Waals surface area contributed by atoms with Gasteiger partial charge in [-0.25, -0.2) is 0 Å². The number of halogens is 4. The van der Waals surface area contributed by atoms with Crippen LogP contribution in [-0.2, 0) is 5.41 Å². The van der Waals surface area contributed by atoms with E-state index >= 15 is 0 Å². The number of alkyl halides is 3. The van der Waals surface area contributed by atoms with Gasteiger partial charge in [-0.15, -0.1) is 0 Å². The molecule has 3 aromatic heterocycles. The number of amides is 1. The minimum atomic E-state index is -4.19. The number of aromatic amines is 1. The zero-order chi connectivity index (χ0) is 25.5. The van der Waals surface area contributed by atoms with Crippen LogP contribution in [0, 0.1) is 5.92 Å². The molecule has 3 heterocycles. The number of fused-ring (bicyclic) bond motifs is 1. The lowest BCUT2D eigenvalue weighted by molar-refractivity contribution is -0.182. The third-order valence-electron chi connectivity index (χ3n) is 6.67. The van der Waals surface area contributed by atoms with Gasteiger partial charge in [0.1, 0.15) is 5.69 Å². The van der Waals surface area contributed by atoms with Gasteiger partial charge >= 0.3 is 6.18 Å². The fourth-order valence-corrected chi connectivity index (χ4v) is 4.83. The Bertz CT molecular complexity index is 1320. The van der Waals surface area contributed by atoms with Crippen molar-refractivity contribution in [3.8, 4) is 11.3 Å². The van der Waals surface area contributed by atoms with Crippen LogP contribution in [-0.4, -0.2) is 27.0 Å². The van der Waals surface area contributed by atoms with Crippen molar-refractivity contribution in [1.29, 1.82) is 0 Å². The SMILES string of the molecule is CC(C)(C)c1cc(C2CCC(C(F)(F)F)CC2)c(-c2cc(=O)c3c(C(=O)NCl)nccc3[nH]2)cn1. The Balaban J connectivity index is 1.83. The van der Waals surface area contributed by atoms with Crippen LogP contribution in [0.3, 0.4) is 0 Å². The van der Waals surface area contributed by atoms with Gasteiger partial charge in [-0.2, -0.15) is 13.2 Å². The lowest BCUT2D eigenvalue weighted by Crippen LogP contribution is -2.27. The summed E-state index contributed by atoms with van der Waals surface area (Å²) >= 11 is 5.43. The number of hydrogen-bond acceptors (Lipinski definition) is 4. The molecular weight excluding hydrogens is 481 g/mol. The van der Waals surface area contributed by atoms with E-state index in [-0.39, 0.29) is 35.3 Å². The summed E-state index contributed by atoms with van der Waals surface area (Å²) in [6.07, 6.45) is -0.193. The molecule has 10 heteroatoms. The molecule has 0 saturated heterocycles. The minimum absolute atomic E-state index is 0.0671. The number of nitrogens with zero attached hydrogens (tertiary/aromatic N) is 2. The van der Waals surface area contributed by atoms with Gasteiger partial charge in [-0.1, -0.05) is 20.8 Å². The minimum Gasteiger partial charge on any atom is -0.354 e. The maximum absolute atomic E-state index is 13.3. The second-order valence-corrected chi connectivity index (χ2v) is 10.2. The third-order valence-corrected chi connectivity index (χ3v) is 6.84. The molecule has 0 aliphatic heterocycles. The zero-order valence-corrected chi connectivity index (χ0v) is 20.3. The van der Waals surface area contributed by atoms with Crippen molar-refractivity contribution in [3.63, 3.8) is 0 Å². The van der Waals surface area contributed by atoms with Crippen molar-refractivity contribution >= 4 is 28.6 Å². The third kappa shape index (κ3) is 5.05. The van der Waals surface area contributed by atoms with Crippen LogP contribution in [0.2, 0.25) is 0 Å². The number of nitrogens with one attached hydrogen (secondary N) is 2. The molecule has 186 valence electrons. The first kappa shape index (κ1) is 25.2. The van der Waals surface area contributed by atoms with Gasteiger partial charge in [0.15, 0.2) is 5.43 Å². The normalized spacial score (nSPS) is 19.1. The quantitative estimate of drug-likeness (QED) is 0.426. The largest absolute Gasteiger partial charge is 0.391 e. The maximum Gasteiger partial charge on any atom is 0.391 e. The van der Waals surface area contributed by atoms with Gasteiger partial charge in [0, 0.05) is 46.9 Å². The van der Waals surface area contributed by atoms with Crippen LogP contribution in [0.4, 0.5) is 13.2 Å². The second-order valence-electron chi connectivity index (χ2n) is 10.0. The van der Waals surface area contributed by atoms with E-state index in [4.69, 9.17) is 11.8 Å². The Morgan fingerprint density at radius 1 is 1.11 bits per heavy atom. The Morgan fingerprint density at radius 2 is 1.80 bits per heavy atom. The molecular formula is C25H26ClF3N4O2. The Labute approximate surface area is 205 Å². The van der Waals surface area contributed by atoms with E-state index in [9.17, 15) is 22.8 Å². The monoisotopic (exact) mass is 506 g/mol. The van der Waals surface area contributed by atoms with Crippen LogP contribution in [0.25, 0.3) is 22.2 Å². The van der Waals surface area contributed by atoms with Crippen LogP contribution >= 0.6 is 11.8 Å². The molecule has 1 aliphatic rings. The van der Waals surface area contributed by atoms with Crippen molar-refractivity contribution in [2.45, 2.75) is 64.0 Å². The van der Waals surface area contributed by atoms with Gasteiger partial charge in [-0.05, 0) is 49.3 Å². The molecule has 0 aromatic carbocycles. The Hall–Kier alpha value is -2.94. The van der Waals surface area contributed by atoms with Crippen molar-refractivity contribution < 1.29 is 18.0 Å². The van der Waals surface area contributed by atoms with E-state index in [1.807, 2.05) is 31.7 Å². The van der Waals surface area contributed by atoms with Crippen molar-refractivity contribution in [2.24, 2.45) is 5.92 Å². The average Bonchev–Trinajstić information content (AvgIpc) is 2.81. The smallest absolute Gasteiger partial charge is 0.354 e. The first-order valence-electron chi connectivity index (χ1n) is 11.4. The lowest BCUT2D eigenvalue weighted by Gasteiger charge is -2.32. The van der Waals surface area contributed by atoms with Crippen LogP contribution < -0.4 is 10.3 Å². The molecule has 0 atom stereocenters. The van der Waals surface area contributed by atoms with Crippen molar-refractivity contribution in [3.05, 3.63) is 57.8 Å². The van der Waals surface area contributed by atoms with Gasteiger partial charge < -0.3 is 4.98 Å². The first-order valence-corrected chi connectivity index (χ1v) is 11.8. The molecule has 4 rings (SSSR count). The van der Waals surface area contributed by atoms with Crippen LogP contribution in [0.15, 0.2) is 35.4 Å². The summed E-state index contributed by atoms with van der Waals surface area (Å²) in [7, 11) is 0. The number of carbonyl (C=O) groups excluding carboxylic acids is 1. The number of rotatable bonds is 3. The van der Waals surface area contributed by atoms with Gasteiger partial charge in [0.2, 0.25) is 0 Å². The molecule has 1 saturated carbocycles. The van der Waals surface area contributed by atoms with Gasteiger partial charge in [0.05, 0.1) is 22.5 Å². The van der Waals surface area contributed by atoms with E-state index in [1.165, 1.54) is 12.3 Å². The second kappa shape index (κ2) is 9.26. The van der Waals surface area contributed by atoms with E-state index < -0.39 is 23.4 Å². The fraction of sp³-hybridized carbons (Fsp3) is 0.440. The van der Waals surface area contributed by atoms with Crippen LogP contribution in [0.5, 0.6) is 0 Å². The maximum atomic E-state index is 13.3. The van der Waals surface area contributed by atoms with Gasteiger partial charge in [-0.3, -0.25) is 24.4 Å². The summed E-state index contributed by atoms with van der Waals surface area (Å²) in [4.78, 5) is 38.9. The topological polar surface area (TPSA) is 87.7 Å². The Kier molecular flexibility index (Phi) is 6.66. The first-order chi connectivity index (χ1) is 16.4. The highest BCUT2D eigenvalue weighted by Crippen LogP contribution is 2.45. The number of H-pyrrole nitrogens is 1. The summed E-state index contributed by atoms with van der Waals surface area (Å²) < 4.78 is 39.8. The number of pyridine rings is 3. The molecule has 1 fully saturated rings. The molecule has 2 N–H and O–H groups in total. The summed E-state index contributed by atoms with van der Waals surface area (Å²) in [6, 6.07) is 4.90. The predicted molar refractivity (Wildman–Crippen MR) is 128 cm³/mol. The summed E-state index contributed by atoms with van der Waals surface area (Å²) in [5.74, 6) is -2.08. The highest BCUT2D eigenvalue weighted by Gasteiger charge is 2.42. The van der Waals surface area contributed by atoms with E-state index in [1.54, 1.807) is 12.3 Å². The van der Waals surface area contributed by atoms with Crippen molar-refractivity contribution in [1.82, 2.24) is 19.8 Å². The highest BCUT2D eigenvalue weighted by atomic mass is 35.5. The predicted octanol–water partition coefficient (Wildman–Crippen LogP) is 6.00. The highest BCUT2D eigenvalue weighted by molar-refractivity contribution is 6.25. The lowest BCUT2D eigenvalue weighted by atomic mass is 9.76. The molecule has 1 amide bonds. The molecule has 0 radical (unpaired) electrons. The number of aromatic nitrogens is 3. The number of hydrogen-bond donors (Lipinski definition) is 2.